The smallest absolute Gasteiger partial charge is 0.173 e. The second kappa shape index (κ2) is 9.11. The van der Waals surface area contributed by atoms with Crippen molar-refractivity contribution >= 4 is 5.69 Å². The van der Waals surface area contributed by atoms with Crippen LogP contribution in [0.5, 0.6) is 0 Å². The average Bonchev–Trinajstić information content (AvgIpc) is 3.49. The molecule has 0 saturated carbocycles. The Morgan fingerprint density at radius 3 is 2.52 bits per heavy atom. The Morgan fingerprint density at radius 1 is 1.00 bits per heavy atom. The van der Waals surface area contributed by atoms with Gasteiger partial charge in [0.2, 0.25) is 0 Å². The number of hydrogen-bond acceptors (Lipinski definition) is 6. The van der Waals surface area contributed by atoms with Gasteiger partial charge in [-0.15, -0.1) is 5.10 Å². The molecule has 7 nitrogen and oxygen atoms in total. The van der Waals surface area contributed by atoms with Crippen molar-refractivity contribution in [3.05, 3.63) is 71.8 Å². The summed E-state index contributed by atoms with van der Waals surface area (Å²) >= 11 is 0. The Kier molecular flexibility index (Phi) is 5.90. The molecular weight excluding hydrogens is 395 g/mol. The first-order valence-electron chi connectivity index (χ1n) is 11.0. The van der Waals surface area contributed by atoms with Gasteiger partial charge in [-0.05, 0) is 41.5 Å². The molecule has 0 N–H and O–H groups in total. The number of halogens is 1. The van der Waals surface area contributed by atoms with Gasteiger partial charge in [-0.2, -0.15) is 0 Å². The summed E-state index contributed by atoms with van der Waals surface area (Å²) in [6.07, 6.45) is 2.16. The molecular formula is C23H27FN6O. The van der Waals surface area contributed by atoms with Crippen LogP contribution >= 0.6 is 0 Å². The van der Waals surface area contributed by atoms with E-state index in [1.165, 1.54) is 11.8 Å². The van der Waals surface area contributed by atoms with E-state index in [0.717, 1.165) is 45.6 Å². The molecule has 0 radical (unpaired) electrons. The number of benzene rings is 2. The van der Waals surface area contributed by atoms with Gasteiger partial charge in [0, 0.05) is 44.0 Å². The van der Waals surface area contributed by atoms with E-state index in [2.05, 4.69) is 49.6 Å². The van der Waals surface area contributed by atoms with Gasteiger partial charge in [0.25, 0.3) is 0 Å². The van der Waals surface area contributed by atoms with E-state index < -0.39 is 0 Å². The molecule has 5 rings (SSSR count). The van der Waals surface area contributed by atoms with Crippen LogP contribution in [-0.4, -0.2) is 64.0 Å². The molecule has 2 fully saturated rings. The second-order valence-corrected chi connectivity index (χ2v) is 8.14. The maximum atomic E-state index is 14.9. The van der Waals surface area contributed by atoms with Gasteiger partial charge in [-0.3, -0.25) is 4.90 Å². The first kappa shape index (κ1) is 20.1. The Morgan fingerprint density at radius 2 is 1.77 bits per heavy atom. The zero-order valence-corrected chi connectivity index (χ0v) is 17.5. The van der Waals surface area contributed by atoms with E-state index >= 15 is 0 Å². The molecule has 2 saturated heterocycles. The zero-order valence-electron chi connectivity index (χ0n) is 17.5. The van der Waals surface area contributed by atoms with Gasteiger partial charge in [0.05, 0.1) is 12.6 Å². The maximum absolute atomic E-state index is 14.9. The predicted octanol–water partition coefficient (Wildman–Crippen LogP) is 2.90. The Balaban J connectivity index is 1.42. The summed E-state index contributed by atoms with van der Waals surface area (Å²) in [7, 11) is 0. The van der Waals surface area contributed by atoms with Crippen molar-refractivity contribution in [1.29, 1.82) is 0 Å². The van der Waals surface area contributed by atoms with Gasteiger partial charge >= 0.3 is 0 Å². The number of piperazine rings is 1. The molecule has 31 heavy (non-hydrogen) atoms. The third kappa shape index (κ3) is 4.31. The van der Waals surface area contributed by atoms with Crippen LogP contribution < -0.4 is 4.90 Å². The molecule has 2 aliphatic rings. The van der Waals surface area contributed by atoms with Crippen molar-refractivity contribution < 1.29 is 9.13 Å². The molecule has 3 heterocycles. The van der Waals surface area contributed by atoms with Crippen LogP contribution in [0.1, 0.15) is 30.3 Å². The molecule has 2 aromatic carbocycles. The maximum Gasteiger partial charge on any atom is 0.173 e. The quantitative estimate of drug-likeness (QED) is 0.609. The number of aromatic nitrogens is 4. The SMILES string of the molecule is Fc1ccccc1C(c1nnnn1CC1CCCO1)N1CCN(c2ccccc2)CC1. The fraction of sp³-hybridized carbons (Fsp3) is 0.435. The fourth-order valence-electron chi connectivity index (χ4n) is 4.59. The van der Waals surface area contributed by atoms with Gasteiger partial charge in [0.15, 0.2) is 5.82 Å². The molecule has 0 spiro atoms. The molecule has 0 aliphatic carbocycles. The minimum absolute atomic E-state index is 0.110. The average molecular weight is 423 g/mol. The van der Waals surface area contributed by atoms with Crippen molar-refractivity contribution in [3.63, 3.8) is 0 Å². The summed E-state index contributed by atoms with van der Waals surface area (Å²) in [4.78, 5) is 4.65. The highest BCUT2D eigenvalue weighted by Gasteiger charge is 2.33. The summed E-state index contributed by atoms with van der Waals surface area (Å²) in [5.74, 6) is 0.443. The van der Waals surface area contributed by atoms with E-state index in [-0.39, 0.29) is 18.0 Å². The number of anilines is 1. The highest BCUT2D eigenvalue weighted by Crippen LogP contribution is 2.31. The van der Waals surface area contributed by atoms with Crippen LogP contribution in [0.25, 0.3) is 0 Å². The molecule has 2 atom stereocenters. The lowest BCUT2D eigenvalue weighted by atomic mass is 10.0. The van der Waals surface area contributed by atoms with E-state index in [1.807, 2.05) is 18.2 Å². The summed E-state index contributed by atoms with van der Waals surface area (Å²) in [5, 5.41) is 12.5. The third-order valence-electron chi connectivity index (χ3n) is 6.21. The third-order valence-corrected chi connectivity index (χ3v) is 6.21. The second-order valence-electron chi connectivity index (χ2n) is 8.14. The molecule has 1 aromatic heterocycles. The van der Waals surface area contributed by atoms with Crippen molar-refractivity contribution in [2.24, 2.45) is 0 Å². The molecule has 2 aliphatic heterocycles. The number of tetrazole rings is 1. The predicted molar refractivity (Wildman–Crippen MR) is 115 cm³/mol. The largest absolute Gasteiger partial charge is 0.376 e. The van der Waals surface area contributed by atoms with E-state index in [0.29, 0.717) is 17.9 Å². The fourth-order valence-corrected chi connectivity index (χ4v) is 4.59. The van der Waals surface area contributed by atoms with E-state index in [9.17, 15) is 4.39 Å². The molecule has 162 valence electrons. The molecule has 2 unspecified atom stereocenters. The number of hydrogen-bond donors (Lipinski definition) is 0. The van der Waals surface area contributed by atoms with Crippen LogP contribution in [0.4, 0.5) is 10.1 Å². The monoisotopic (exact) mass is 422 g/mol. The van der Waals surface area contributed by atoms with E-state index in [1.54, 1.807) is 10.7 Å². The van der Waals surface area contributed by atoms with Gasteiger partial charge in [0.1, 0.15) is 11.9 Å². The summed E-state index contributed by atoms with van der Waals surface area (Å²) < 4.78 is 22.5. The summed E-state index contributed by atoms with van der Waals surface area (Å²) in [6, 6.07) is 17.0. The Hall–Kier alpha value is -2.84. The highest BCUT2D eigenvalue weighted by atomic mass is 19.1. The van der Waals surface area contributed by atoms with E-state index in [4.69, 9.17) is 4.74 Å². The van der Waals surface area contributed by atoms with Crippen LogP contribution in [0.2, 0.25) is 0 Å². The zero-order chi connectivity index (χ0) is 21.0. The number of nitrogens with zero attached hydrogens (tertiary/aromatic N) is 6. The van der Waals surface area contributed by atoms with Crippen LogP contribution in [0, 0.1) is 5.82 Å². The lowest BCUT2D eigenvalue weighted by molar-refractivity contribution is 0.0906. The normalized spacial score (nSPS) is 20.8. The number of ether oxygens (including phenoxy) is 1. The van der Waals surface area contributed by atoms with Crippen molar-refractivity contribution in [2.45, 2.75) is 31.5 Å². The minimum Gasteiger partial charge on any atom is -0.376 e. The van der Waals surface area contributed by atoms with Gasteiger partial charge in [-0.25, -0.2) is 9.07 Å². The van der Waals surface area contributed by atoms with Crippen LogP contribution in [0.3, 0.4) is 0 Å². The highest BCUT2D eigenvalue weighted by molar-refractivity contribution is 5.46. The molecule has 8 heteroatoms. The van der Waals surface area contributed by atoms with Crippen molar-refractivity contribution in [2.75, 3.05) is 37.7 Å². The first-order valence-corrected chi connectivity index (χ1v) is 11.0. The standard InChI is InChI=1S/C23H27FN6O/c24-21-11-5-4-10-20(21)22(23-25-26-27-30(23)17-19-9-6-16-31-19)29-14-12-28(13-15-29)18-7-2-1-3-8-18/h1-5,7-8,10-11,19,22H,6,9,12-17H2. The van der Waals surface area contributed by atoms with Gasteiger partial charge < -0.3 is 9.64 Å². The first-order chi connectivity index (χ1) is 15.3. The summed E-state index contributed by atoms with van der Waals surface area (Å²) in [6.45, 7) is 4.68. The number of rotatable bonds is 6. The van der Waals surface area contributed by atoms with Gasteiger partial charge in [-0.1, -0.05) is 36.4 Å². The Bertz CT molecular complexity index is 982. The molecule has 3 aromatic rings. The van der Waals surface area contributed by atoms with Crippen molar-refractivity contribution in [1.82, 2.24) is 25.1 Å². The topological polar surface area (TPSA) is 59.3 Å². The van der Waals surface area contributed by atoms with Crippen LogP contribution in [-0.2, 0) is 11.3 Å². The van der Waals surface area contributed by atoms with Crippen LogP contribution in [0.15, 0.2) is 54.6 Å². The molecule has 0 amide bonds. The lowest BCUT2D eigenvalue weighted by Crippen LogP contribution is -2.48. The Labute approximate surface area is 181 Å². The number of para-hydroxylation sites is 1. The molecule has 0 bridgehead atoms. The lowest BCUT2D eigenvalue weighted by Gasteiger charge is -2.40. The minimum atomic E-state index is -0.337. The summed E-state index contributed by atoms with van der Waals surface area (Å²) in [5.41, 5.74) is 1.83. The van der Waals surface area contributed by atoms with Crippen molar-refractivity contribution in [3.8, 4) is 0 Å².